The highest BCUT2D eigenvalue weighted by molar-refractivity contribution is 5.80. The summed E-state index contributed by atoms with van der Waals surface area (Å²) in [5.74, 6) is 0. The predicted molar refractivity (Wildman–Crippen MR) is 83.9 cm³/mol. The third-order valence-corrected chi connectivity index (χ3v) is 2.85. The van der Waals surface area contributed by atoms with Gasteiger partial charge in [0.2, 0.25) is 0 Å². The number of hydrogen-bond acceptors (Lipinski definition) is 0. The van der Waals surface area contributed by atoms with E-state index in [1.807, 2.05) is 37.3 Å². The zero-order valence-electron chi connectivity index (χ0n) is 11.2. The third kappa shape index (κ3) is 3.82. The highest BCUT2D eigenvalue weighted by atomic mass is 14.1. The molecule has 2 rings (SSSR count). The molecule has 0 aliphatic heterocycles. The molecule has 0 atom stereocenters. The molecule has 0 spiro atoms. The first-order valence-electron chi connectivity index (χ1n) is 6.52. The van der Waals surface area contributed by atoms with Crippen LogP contribution < -0.4 is 0 Å². The second kappa shape index (κ2) is 7.17. The molecule has 19 heavy (non-hydrogen) atoms. The predicted octanol–water partition coefficient (Wildman–Crippen LogP) is 5.25. The second-order valence-corrected chi connectivity index (χ2v) is 4.22. The van der Waals surface area contributed by atoms with Crippen LogP contribution in [-0.2, 0) is 0 Å². The summed E-state index contributed by atoms with van der Waals surface area (Å²) in [7, 11) is 0. The molecule has 0 saturated carbocycles. The minimum Gasteiger partial charge on any atom is -0.0877 e. The normalized spacial score (nSPS) is 11.0. The van der Waals surface area contributed by atoms with Crippen molar-refractivity contribution in [3.05, 3.63) is 102 Å². The standard InChI is InChI=1S/C19H18/c1-2-3-4-11-16-19(17-12-7-5-8-13-17)18-14-9-6-10-15-18/h2-16H,1H3. The molecular weight excluding hydrogens is 228 g/mol. The molecule has 2 aromatic rings. The van der Waals surface area contributed by atoms with Gasteiger partial charge in [0.25, 0.3) is 0 Å². The molecule has 0 aromatic heterocycles. The Bertz CT molecular complexity index is 530. The van der Waals surface area contributed by atoms with Crippen LogP contribution in [0.5, 0.6) is 0 Å². The van der Waals surface area contributed by atoms with Crippen LogP contribution in [0.2, 0.25) is 0 Å². The fourth-order valence-electron chi connectivity index (χ4n) is 1.92. The van der Waals surface area contributed by atoms with Crippen molar-refractivity contribution in [3.8, 4) is 0 Å². The van der Waals surface area contributed by atoms with E-state index in [2.05, 4.69) is 60.7 Å². The lowest BCUT2D eigenvalue weighted by molar-refractivity contribution is 1.54. The number of rotatable bonds is 4. The number of hydrogen-bond donors (Lipinski definition) is 0. The van der Waals surface area contributed by atoms with E-state index in [-0.39, 0.29) is 0 Å². The molecule has 0 saturated heterocycles. The van der Waals surface area contributed by atoms with E-state index in [0.717, 1.165) is 0 Å². The molecule has 0 radical (unpaired) electrons. The van der Waals surface area contributed by atoms with Crippen molar-refractivity contribution >= 4 is 5.57 Å². The van der Waals surface area contributed by atoms with Gasteiger partial charge < -0.3 is 0 Å². The Balaban J connectivity index is 2.40. The van der Waals surface area contributed by atoms with Gasteiger partial charge in [0.05, 0.1) is 0 Å². The van der Waals surface area contributed by atoms with Crippen molar-refractivity contribution in [3.63, 3.8) is 0 Å². The maximum Gasteiger partial charge on any atom is -0.0111 e. The van der Waals surface area contributed by atoms with E-state index in [1.165, 1.54) is 16.7 Å². The summed E-state index contributed by atoms with van der Waals surface area (Å²) in [5, 5.41) is 0. The average Bonchev–Trinajstić information content (AvgIpc) is 2.49. The molecule has 0 heteroatoms. The van der Waals surface area contributed by atoms with Gasteiger partial charge in [-0.3, -0.25) is 0 Å². The van der Waals surface area contributed by atoms with Crippen LogP contribution in [0.3, 0.4) is 0 Å². The minimum absolute atomic E-state index is 1.24. The Kier molecular flexibility index (Phi) is 4.95. The second-order valence-electron chi connectivity index (χ2n) is 4.22. The summed E-state index contributed by atoms with van der Waals surface area (Å²) >= 11 is 0. The lowest BCUT2D eigenvalue weighted by Gasteiger charge is -2.07. The maximum atomic E-state index is 2.16. The van der Waals surface area contributed by atoms with Gasteiger partial charge in [0, 0.05) is 0 Å². The van der Waals surface area contributed by atoms with Crippen molar-refractivity contribution < 1.29 is 0 Å². The summed E-state index contributed by atoms with van der Waals surface area (Å²) in [6.07, 6.45) is 10.3. The van der Waals surface area contributed by atoms with E-state index in [0.29, 0.717) is 0 Å². The molecule has 0 N–H and O–H groups in total. The molecule has 0 heterocycles. The third-order valence-electron chi connectivity index (χ3n) is 2.85. The van der Waals surface area contributed by atoms with Gasteiger partial charge in [-0.2, -0.15) is 0 Å². The summed E-state index contributed by atoms with van der Waals surface area (Å²) in [6.45, 7) is 2.02. The highest BCUT2D eigenvalue weighted by Crippen LogP contribution is 2.22. The van der Waals surface area contributed by atoms with Crippen LogP contribution in [0.4, 0.5) is 0 Å². The Morgan fingerprint density at radius 1 is 0.684 bits per heavy atom. The van der Waals surface area contributed by atoms with E-state index in [9.17, 15) is 0 Å². The van der Waals surface area contributed by atoms with E-state index in [1.54, 1.807) is 0 Å². The highest BCUT2D eigenvalue weighted by Gasteiger charge is 2.02. The SMILES string of the molecule is CC=CC=CC=C(c1ccccc1)c1ccccc1. The van der Waals surface area contributed by atoms with Gasteiger partial charge in [-0.15, -0.1) is 0 Å². The minimum atomic E-state index is 1.24. The van der Waals surface area contributed by atoms with Crippen molar-refractivity contribution in [2.24, 2.45) is 0 Å². The summed E-state index contributed by atoms with van der Waals surface area (Å²) in [5.41, 5.74) is 3.71. The fraction of sp³-hybridized carbons (Fsp3) is 0.0526. The Labute approximate surface area is 115 Å². The van der Waals surface area contributed by atoms with Crippen molar-refractivity contribution in [2.75, 3.05) is 0 Å². The zero-order valence-corrected chi connectivity index (χ0v) is 11.2. The largest absolute Gasteiger partial charge is 0.0877 e. The Hall–Kier alpha value is -2.34. The lowest BCUT2D eigenvalue weighted by Crippen LogP contribution is -1.86. The van der Waals surface area contributed by atoms with Crippen molar-refractivity contribution in [2.45, 2.75) is 6.92 Å². The quantitative estimate of drug-likeness (QED) is 0.646. The molecule has 0 aliphatic rings. The Morgan fingerprint density at radius 2 is 1.21 bits per heavy atom. The van der Waals surface area contributed by atoms with Gasteiger partial charge >= 0.3 is 0 Å². The van der Waals surface area contributed by atoms with E-state index in [4.69, 9.17) is 0 Å². The average molecular weight is 246 g/mol. The number of allylic oxidation sites excluding steroid dienone is 5. The topological polar surface area (TPSA) is 0 Å². The summed E-state index contributed by atoms with van der Waals surface area (Å²) in [6, 6.07) is 20.9. The Morgan fingerprint density at radius 3 is 1.68 bits per heavy atom. The van der Waals surface area contributed by atoms with Gasteiger partial charge in [-0.05, 0) is 23.6 Å². The van der Waals surface area contributed by atoms with Crippen LogP contribution >= 0.6 is 0 Å². The zero-order chi connectivity index (χ0) is 13.3. The molecule has 0 nitrogen and oxygen atoms in total. The summed E-state index contributed by atoms with van der Waals surface area (Å²) < 4.78 is 0. The van der Waals surface area contributed by atoms with E-state index >= 15 is 0 Å². The van der Waals surface area contributed by atoms with E-state index < -0.39 is 0 Å². The molecular formula is C19H18. The summed E-state index contributed by atoms with van der Waals surface area (Å²) in [4.78, 5) is 0. The smallest absolute Gasteiger partial charge is 0.0111 e. The van der Waals surface area contributed by atoms with Gasteiger partial charge in [0.1, 0.15) is 0 Å². The first-order chi connectivity index (χ1) is 9.42. The lowest BCUT2D eigenvalue weighted by atomic mass is 9.97. The maximum absolute atomic E-state index is 2.16. The van der Waals surface area contributed by atoms with Gasteiger partial charge in [-0.1, -0.05) is 91.0 Å². The fourth-order valence-corrected chi connectivity index (χ4v) is 1.92. The first-order valence-corrected chi connectivity index (χ1v) is 6.52. The molecule has 94 valence electrons. The molecule has 0 unspecified atom stereocenters. The van der Waals surface area contributed by atoms with Gasteiger partial charge in [0.15, 0.2) is 0 Å². The van der Waals surface area contributed by atoms with Crippen LogP contribution in [-0.4, -0.2) is 0 Å². The molecule has 0 bridgehead atoms. The van der Waals surface area contributed by atoms with Crippen LogP contribution in [0, 0.1) is 0 Å². The van der Waals surface area contributed by atoms with Crippen molar-refractivity contribution in [1.82, 2.24) is 0 Å². The number of benzene rings is 2. The van der Waals surface area contributed by atoms with Gasteiger partial charge in [-0.25, -0.2) is 0 Å². The molecule has 2 aromatic carbocycles. The monoisotopic (exact) mass is 246 g/mol. The molecule has 0 fully saturated rings. The van der Waals surface area contributed by atoms with Crippen LogP contribution in [0.1, 0.15) is 18.1 Å². The van der Waals surface area contributed by atoms with Crippen molar-refractivity contribution in [1.29, 1.82) is 0 Å². The molecule has 0 aliphatic carbocycles. The molecule has 0 amide bonds. The first kappa shape index (κ1) is 13.1. The van der Waals surface area contributed by atoms with Crippen LogP contribution in [0.15, 0.2) is 91.0 Å². The van der Waals surface area contributed by atoms with Crippen LogP contribution in [0.25, 0.3) is 5.57 Å².